The molecule has 3 rings (SSSR count). The SMILES string of the molecule is CCOc1ccc(C(=O)OCc2cc3c(cc2Br)OCO3)cc1OC. The average molecular weight is 409 g/mol. The highest BCUT2D eigenvalue weighted by molar-refractivity contribution is 9.10. The van der Waals surface area contributed by atoms with E-state index in [4.69, 9.17) is 23.7 Å². The molecule has 0 N–H and O–H groups in total. The predicted octanol–water partition coefficient (Wildman–Crippen LogP) is 3.94. The number of ether oxygens (including phenoxy) is 5. The molecule has 0 bridgehead atoms. The maximum absolute atomic E-state index is 12.3. The van der Waals surface area contributed by atoms with E-state index in [0.717, 1.165) is 10.0 Å². The summed E-state index contributed by atoms with van der Waals surface area (Å²) in [5.74, 6) is 1.92. The Bertz CT molecular complexity index is 789. The molecular formula is C18H17BrO6. The second-order valence-corrected chi connectivity index (χ2v) is 6.03. The van der Waals surface area contributed by atoms with Gasteiger partial charge < -0.3 is 23.7 Å². The maximum Gasteiger partial charge on any atom is 0.338 e. The van der Waals surface area contributed by atoms with Gasteiger partial charge in [0.15, 0.2) is 23.0 Å². The number of hydrogen-bond acceptors (Lipinski definition) is 6. The van der Waals surface area contributed by atoms with Crippen molar-refractivity contribution in [1.29, 1.82) is 0 Å². The first kappa shape index (κ1) is 17.4. The topological polar surface area (TPSA) is 63.2 Å². The largest absolute Gasteiger partial charge is 0.493 e. The second kappa shape index (κ2) is 7.65. The van der Waals surface area contributed by atoms with Gasteiger partial charge in [0.1, 0.15) is 6.61 Å². The first-order valence-electron chi connectivity index (χ1n) is 7.68. The van der Waals surface area contributed by atoms with Crippen LogP contribution in [0.25, 0.3) is 0 Å². The lowest BCUT2D eigenvalue weighted by Crippen LogP contribution is -2.06. The number of esters is 1. The van der Waals surface area contributed by atoms with Crippen molar-refractivity contribution < 1.29 is 28.5 Å². The highest BCUT2D eigenvalue weighted by Gasteiger charge is 2.18. The lowest BCUT2D eigenvalue weighted by atomic mass is 10.2. The van der Waals surface area contributed by atoms with Gasteiger partial charge in [-0.3, -0.25) is 0 Å². The Morgan fingerprint density at radius 2 is 1.92 bits per heavy atom. The smallest absolute Gasteiger partial charge is 0.338 e. The van der Waals surface area contributed by atoms with E-state index in [9.17, 15) is 4.79 Å². The molecule has 0 unspecified atom stereocenters. The minimum atomic E-state index is -0.453. The summed E-state index contributed by atoms with van der Waals surface area (Å²) < 4.78 is 27.5. The molecule has 0 spiro atoms. The van der Waals surface area contributed by atoms with Crippen molar-refractivity contribution in [2.24, 2.45) is 0 Å². The van der Waals surface area contributed by atoms with Gasteiger partial charge in [0.2, 0.25) is 6.79 Å². The molecule has 2 aromatic rings. The average Bonchev–Trinajstić information content (AvgIpc) is 3.07. The monoisotopic (exact) mass is 408 g/mol. The summed E-state index contributed by atoms with van der Waals surface area (Å²) in [6, 6.07) is 8.52. The third-order valence-electron chi connectivity index (χ3n) is 3.60. The molecule has 6 nitrogen and oxygen atoms in total. The van der Waals surface area contributed by atoms with E-state index in [1.165, 1.54) is 7.11 Å². The number of benzene rings is 2. The summed E-state index contributed by atoms with van der Waals surface area (Å²) in [6.07, 6.45) is 0. The van der Waals surface area contributed by atoms with E-state index >= 15 is 0 Å². The van der Waals surface area contributed by atoms with Gasteiger partial charge in [0.25, 0.3) is 0 Å². The van der Waals surface area contributed by atoms with Crippen LogP contribution >= 0.6 is 15.9 Å². The minimum Gasteiger partial charge on any atom is -0.493 e. The molecule has 0 fully saturated rings. The Hall–Kier alpha value is -2.41. The number of fused-ring (bicyclic) bond motifs is 1. The van der Waals surface area contributed by atoms with Crippen molar-refractivity contribution in [3.05, 3.63) is 45.9 Å². The second-order valence-electron chi connectivity index (χ2n) is 5.17. The molecule has 0 aliphatic carbocycles. The Kier molecular flexibility index (Phi) is 5.33. The van der Waals surface area contributed by atoms with Gasteiger partial charge in [0, 0.05) is 10.0 Å². The molecule has 0 aromatic heterocycles. The molecule has 0 saturated heterocycles. The zero-order valence-electron chi connectivity index (χ0n) is 13.8. The molecule has 0 saturated carbocycles. The number of hydrogen-bond donors (Lipinski definition) is 0. The van der Waals surface area contributed by atoms with Crippen LogP contribution in [0.2, 0.25) is 0 Å². The molecule has 0 atom stereocenters. The van der Waals surface area contributed by atoms with Crippen molar-refractivity contribution in [3.8, 4) is 23.0 Å². The molecule has 2 aromatic carbocycles. The van der Waals surface area contributed by atoms with E-state index in [0.29, 0.717) is 35.2 Å². The van der Waals surface area contributed by atoms with Crippen molar-refractivity contribution in [3.63, 3.8) is 0 Å². The van der Waals surface area contributed by atoms with Crippen molar-refractivity contribution in [2.45, 2.75) is 13.5 Å². The van der Waals surface area contributed by atoms with Crippen LogP contribution in [0.4, 0.5) is 0 Å². The molecule has 132 valence electrons. The molecule has 1 aliphatic heterocycles. The van der Waals surface area contributed by atoms with Crippen LogP contribution in [0, 0.1) is 0 Å². The van der Waals surface area contributed by atoms with Gasteiger partial charge in [-0.15, -0.1) is 0 Å². The lowest BCUT2D eigenvalue weighted by molar-refractivity contribution is 0.0471. The molecule has 25 heavy (non-hydrogen) atoms. The van der Waals surface area contributed by atoms with Crippen molar-refractivity contribution in [2.75, 3.05) is 20.5 Å². The fourth-order valence-corrected chi connectivity index (χ4v) is 2.80. The van der Waals surface area contributed by atoms with Gasteiger partial charge in [-0.2, -0.15) is 0 Å². The predicted molar refractivity (Wildman–Crippen MR) is 93.5 cm³/mol. The summed E-state index contributed by atoms with van der Waals surface area (Å²) >= 11 is 3.44. The molecule has 0 radical (unpaired) electrons. The minimum absolute atomic E-state index is 0.103. The zero-order chi connectivity index (χ0) is 17.8. The molecule has 1 heterocycles. The number of halogens is 1. The Morgan fingerprint density at radius 1 is 1.16 bits per heavy atom. The van der Waals surface area contributed by atoms with E-state index in [-0.39, 0.29) is 13.4 Å². The lowest BCUT2D eigenvalue weighted by Gasteiger charge is -2.11. The normalized spacial score (nSPS) is 12.0. The highest BCUT2D eigenvalue weighted by Crippen LogP contribution is 2.37. The standard InChI is InChI=1S/C18H17BrO6/c1-3-22-14-5-4-11(6-15(14)21-2)18(20)23-9-12-7-16-17(8-13(12)19)25-10-24-16/h4-8H,3,9-10H2,1-2H3. The van der Waals surface area contributed by atoms with E-state index in [1.807, 2.05) is 6.92 Å². The summed E-state index contributed by atoms with van der Waals surface area (Å²) in [5.41, 5.74) is 1.17. The van der Waals surface area contributed by atoms with Crippen LogP contribution in [0.1, 0.15) is 22.8 Å². The third kappa shape index (κ3) is 3.82. The van der Waals surface area contributed by atoms with Crippen LogP contribution in [-0.4, -0.2) is 26.5 Å². The summed E-state index contributed by atoms with van der Waals surface area (Å²) in [4.78, 5) is 12.3. The summed E-state index contributed by atoms with van der Waals surface area (Å²) in [7, 11) is 1.52. The molecular weight excluding hydrogens is 392 g/mol. The highest BCUT2D eigenvalue weighted by atomic mass is 79.9. The summed E-state index contributed by atoms with van der Waals surface area (Å²) in [6.45, 7) is 2.69. The molecule has 7 heteroatoms. The number of rotatable bonds is 6. The van der Waals surface area contributed by atoms with Crippen molar-refractivity contribution in [1.82, 2.24) is 0 Å². The van der Waals surface area contributed by atoms with Crippen LogP contribution in [0.5, 0.6) is 23.0 Å². The summed E-state index contributed by atoms with van der Waals surface area (Å²) in [5, 5.41) is 0. The zero-order valence-corrected chi connectivity index (χ0v) is 15.4. The van der Waals surface area contributed by atoms with Crippen LogP contribution in [-0.2, 0) is 11.3 Å². The van der Waals surface area contributed by atoms with Crippen LogP contribution < -0.4 is 18.9 Å². The number of methoxy groups -OCH3 is 1. The first-order chi connectivity index (χ1) is 12.1. The van der Waals surface area contributed by atoms with Gasteiger partial charge >= 0.3 is 5.97 Å². The maximum atomic E-state index is 12.3. The fourth-order valence-electron chi connectivity index (χ4n) is 2.37. The van der Waals surface area contributed by atoms with Gasteiger partial charge in [0.05, 0.1) is 19.3 Å². The quantitative estimate of drug-likeness (QED) is 0.674. The fraction of sp³-hybridized carbons (Fsp3) is 0.278. The van der Waals surface area contributed by atoms with E-state index in [2.05, 4.69) is 15.9 Å². The van der Waals surface area contributed by atoms with Gasteiger partial charge in [-0.05, 0) is 37.3 Å². The van der Waals surface area contributed by atoms with E-state index < -0.39 is 5.97 Å². The van der Waals surface area contributed by atoms with Gasteiger partial charge in [-0.1, -0.05) is 15.9 Å². The van der Waals surface area contributed by atoms with Crippen LogP contribution in [0.3, 0.4) is 0 Å². The number of carbonyl (C=O) groups excluding carboxylic acids is 1. The number of carbonyl (C=O) groups is 1. The van der Waals surface area contributed by atoms with E-state index in [1.54, 1.807) is 30.3 Å². The van der Waals surface area contributed by atoms with Crippen LogP contribution in [0.15, 0.2) is 34.8 Å². The molecule has 0 amide bonds. The van der Waals surface area contributed by atoms with Gasteiger partial charge in [-0.25, -0.2) is 4.79 Å². The Morgan fingerprint density at radius 3 is 2.64 bits per heavy atom. The third-order valence-corrected chi connectivity index (χ3v) is 4.34. The molecule has 1 aliphatic rings. The Balaban J connectivity index is 1.71. The first-order valence-corrected chi connectivity index (χ1v) is 8.47. The van der Waals surface area contributed by atoms with Crippen molar-refractivity contribution >= 4 is 21.9 Å². The Labute approximate surface area is 153 Å².